The fourth-order valence-electron chi connectivity index (χ4n) is 4.78. The Morgan fingerprint density at radius 2 is 1.69 bits per heavy atom. The van der Waals surface area contributed by atoms with E-state index in [1.54, 1.807) is 30.5 Å². The first-order chi connectivity index (χ1) is 20.3. The van der Waals surface area contributed by atoms with Gasteiger partial charge in [-0.2, -0.15) is 10.2 Å². The van der Waals surface area contributed by atoms with Gasteiger partial charge in [-0.05, 0) is 48.5 Å². The SMILES string of the molecule is O[C@](CNCc1nccc(-c2c(-c3ccc(F)cc3)nn3cc(F)ccc23)n1)(Cn1cncn1)c1ccc(F)cc1F. The van der Waals surface area contributed by atoms with Crippen molar-refractivity contribution in [1.29, 1.82) is 0 Å². The molecule has 0 bridgehead atoms. The molecule has 0 fully saturated rings. The third-order valence-corrected chi connectivity index (χ3v) is 6.70. The molecule has 0 amide bonds. The quantitative estimate of drug-likeness (QED) is 0.248. The van der Waals surface area contributed by atoms with E-state index in [9.17, 15) is 22.7 Å². The highest BCUT2D eigenvalue weighted by atomic mass is 19.1. The molecule has 0 aliphatic rings. The summed E-state index contributed by atoms with van der Waals surface area (Å²) >= 11 is 0. The standard InChI is InChI=1S/C29H22F4N8O/c30-19-3-1-18(2-4-19)28-27(25-8-6-21(32)13-41(25)39-28)24-9-10-36-26(38-24)12-34-14-29(42,15-40-17-35-16-37-40)22-7-5-20(31)11-23(22)33/h1-11,13,16-17,34,42H,12,14-15H2/t29-/m1/s1. The molecule has 9 nitrogen and oxygen atoms in total. The van der Waals surface area contributed by atoms with Crippen molar-refractivity contribution in [2.75, 3.05) is 6.54 Å². The summed E-state index contributed by atoms with van der Waals surface area (Å²) in [4.78, 5) is 12.8. The minimum absolute atomic E-state index is 0.0655. The van der Waals surface area contributed by atoms with Crippen molar-refractivity contribution in [1.82, 2.24) is 39.7 Å². The summed E-state index contributed by atoms with van der Waals surface area (Å²) in [6.45, 7) is -0.265. The van der Waals surface area contributed by atoms with Gasteiger partial charge in [0.2, 0.25) is 0 Å². The molecule has 0 aliphatic heterocycles. The van der Waals surface area contributed by atoms with Gasteiger partial charge in [0.15, 0.2) is 0 Å². The molecule has 6 rings (SSSR count). The Morgan fingerprint density at radius 1 is 0.905 bits per heavy atom. The van der Waals surface area contributed by atoms with Crippen molar-refractivity contribution >= 4 is 5.52 Å². The second-order valence-electron chi connectivity index (χ2n) is 9.62. The van der Waals surface area contributed by atoms with E-state index in [4.69, 9.17) is 0 Å². The number of aliphatic hydroxyl groups is 1. The van der Waals surface area contributed by atoms with Crippen LogP contribution in [-0.4, -0.2) is 46.0 Å². The Bertz CT molecular complexity index is 1860. The van der Waals surface area contributed by atoms with Crippen molar-refractivity contribution < 1.29 is 22.7 Å². The summed E-state index contributed by atoms with van der Waals surface area (Å²) in [6, 6.07) is 13.3. The lowest BCUT2D eigenvalue weighted by Gasteiger charge is -2.29. The fraction of sp³-hybridized carbons (Fsp3) is 0.138. The Labute approximate surface area is 236 Å². The van der Waals surface area contributed by atoms with E-state index >= 15 is 0 Å². The monoisotopic (exact) mass is 574 g/mol. The molecule has 0 saturated carbocycles. The van der Waals surface area contributed by atoms with Crippen LogP contribution in [0.25, 0.3) is 28.0 Å². The number of nitrogens with one attached hydrogen (secondary N) is 1. The second kappa shape index (κ2) is 11.1. The summed E-state index contributed by atoms with van der Waals surface area (Å²) in [5, 5.41) is 23.1. The molecular formula is C29H22F4N8O. The van der Waals surface area contributed by atoms with E-state index in [0.29, 0.717) is 39.9 Å². The van der Waals surface area contributed by atoms with Crippen LogP contribution in [0.4, 0.5) is 17.6 Å². The highest BCUT2D eigenvalue weighted by molar-refractivity contribution is 5.90. The lowest BCUT2D eigenvalue weighted by Crippen LogP contribution is -2.42. The number of pyridine rings is 1. The highest BCUT2D eigenvalue weighted by Gasteiger charge is 2.33. The molecule has 0 radical (unpaired) electrons. The van der Waals surface area contributed by atoms with Gasteiger partial charge >= 0.3 is 0 Å². The predicted molar refractivity (Wildman–Crippen MR) is 144 cm³/mol. The van der Waals surface area contributed by atoms with Crippen LogP contribution in [-0.2, 0) is 18.7 Å². The number of hydrogen-bond donors (Lipinski definition) is 2. The molecule has 0 aliphatic carbocycles. The molecule has 212 valence electrons. The van der Waals surface area contributed by atoms with Crippen LogP contribution in [0.3, 0.4) is 0 Å². The average Bonchev–Trinajstić information content (AvgIpc) is 3.61. The van der Waals surface area contributed by atoms with Crippen molar-refractivity contribution in [3.8, 4) is 22.5 Å². The van der Waals surface area contributed by atoms with E-state index in [1.165, 1.54) is 52.3 Å². The molecule has 6 aromatic rings. The fourth-order valence-corrected chi connectivity index (χ4v) is 4.78. The van der Waals surface area contributed by atoms with Crippen LogP contribution in [0.1, 0.15) is 11.4 Å². The topological polar surface area (TPSA) is 106 Å². The molecule has 0 spiro atoms. The normalized spacial score (nSPS) is 13.0. The van der Waals surface area contributed by atoms with Gasteiger partial charge in [0.1, 0.15) is 53.0 Å². The molecule has 42 heavy (non-hydrogen) atoms. The molecule has 0 unspecified atom stereocenters. The summed E-state index contributed by atoms with van der Waals surface area (Å²) in [6.07, 6.45) is 5.44. The number of halogens is 4. The van der Waals surface area contributed by atoms with Crippen molar-refractivity contribution in [2.45, 2.75) is 18.7 Å². The molecule has 1 atom stereocenters. The maximum atomic E-state index is 14.7. The molecule has 4 aromatic heterocycles. The molecule has 2 N–H and O–H groups in total. The minimum atomic E-state index is -1.83. The van der Waals surface area contributed by atoms with Crippen molar-refractivity contribution in [2.24, 2.45) is 0 Å². The van der Waals surface area contributed by atoms with Crippen molar-refractivity contribution in [3.63, 3.8) is 0 Å². The lowest BCUT2D eigenvalue weighted by molar-refractivity contribution is 0.0116. The summed E-state index contributed by atoms with van der Waals surface area (Å²) in [5.74, 6) is -2.23. The maximum Gasteiger partial charge on any atom is 0.142 e. The number of nitrogens with zero attached hydrogens (tertiary/aromatic N) is 7. The van der Waals surface area contributed by atoms with Gasteiger partial charge in [0.25, 0.3) is 0 Å². The predicted octanol–water partition coefficient (Wildman–Crippen LogP) is 4.28. The second-order valence-corrected chi connectivity index (χ2v) is 9.62. The number of aromatic nitrogens is 7. The van der Waals surface area contributed by atoms with E-state index < -0.39 is 28.9 Å². The van der Waals surface area contributed by atoms with Gasteiger partial charge in [-0.25, -0.2) is 41.7 Å². The van der Waals surface area contributed by atoms with E-state index in [2.05, 4.69) is 30.5 Å². The molecule has 0 saturated heterocycles. The van der Waals surface area contributed by atoms with Crippen LogP contribution in [0.15, 0.2) is 85.7 Å². The Morgan fingerprint density at radius 3 is 2.45 bits per heavy atom. The first-order valence-electron chi connectivity index (χ1n) is 12.8. The van der Waals surface area contributed by atoms with E-state index in [0.717, 1.165) is 6.07 Å². The number of fused-ring (bicyclic) bond motifs is 1. The molecular weight excluding hydrogens is 552 g/mol. The van der Waals surface area contributed by atoms with E-state index in [-0.39, 0.29) is 25.2 Å². The Hall–Kier alpha value is -5.01. The zero-order chi connectivity index (χ0) is 29.3. The summed E-state index contributed by atoms with van der Waals surface area (Å²) < 4.78 is 58.7. The van der Waals surface area contributed by atoms with Gasteiger partial charge in [0, 0.05) is 29.9 Å². The number of benzene rings is 2. The Kier molecular flexibility index (Phi) is 7.19. The molecule has 13 heteroatoms. The number of hydrogen-bond acceptors (Lipinski definition) is 7. The largest absolute Gasteiger partial charge is 0.382 e. The van der Waals surface area contributed by atoms with Gasteiger partial charge in [-0.3, -0.25) is 0 Å². The first-order valence-corrected chi connectivity index (χ1v) is 12.8. The third kappa shape index (κ3) is 5.47. The lowest BCUT2D eigenvalue weighted by atomic mass is 9.93. The van der Waals surface area contributed by atoms with Crippen LogP contribution in [0.5, 0.6) is 0 Å². The third-order valence-electron chi connectivity index (χ3n) is 6.70. The summed E-state index contributed by atoms with van der Waals surface area (Å²) in [5.41, 5.74) is 0.754. The first kappa shape index (κ1) is 27.2. The average molecular weight is 575 g/mol. The minimum Gasteiger partial charge on any atom is -0.382 e. The highest BCUT2D eigenvalue weighted by Crippen LogP contribution is 2.34. The smallest absolute Gasteiger partial charge is 0.142 e. The molecule has 4 heterocycles. The van der Waals surface area contributed by atoms with Gasteiger partial charge in [-0.15, -0.1) is 0 Å². The maximum absolute atomic E-state index is 14.7. The van der Waals surface area contributed by atoms with Gasteiger partial charge in [0.05, 0.1) is 36.1 Å². The zero-order valence-electron chi connectivity index (χ0n) is 21.8. The zero-order valence-corrected chi connectivity index (χ0v) is 21.8. The van der Waals surface area contributed by atoms with Crippen LogP contribution in [0, 0.1) is 23.3 Å². The van der Waals surface area contributed by atoms with Crippen LogP contribution >= 0.6 is 0 Å². The molecule has 2 aromatic carbocycles. The van der Waals surface area contributed by atoms with Gasteiger partial charge < -0.3 is 10.4 Å². The van der Waals surface area contributed by atoms with Gasteiger partial charge in [-0.1, -0.05) is 6.07 Å². The van der Waals surface area contributed by atoms with Crippen LogP contribution in [0.2, 0.25) is 0 Å². The van der Waals surface area contributed by atoms with E-state index in [1.807, 2.05) is 0 Å². The number of rotatable bonds is 9. The summed E-state index contributed by atoms with van der Waals surface area (Å²) in [7, 11) is 0. The van der Waals surface area contributed by atoms with Crippen LogP contribution < -0.4 is 5.32 Å². The Balaban J connectivity index is 1.30. The van der Waals surface area contributed by atoms with Crippen molar-refractivity contribution in [3.05, 3.63) is 120 Å².